The van der Waals surface area contributed by atoms with Crippen molar-refractivity contribution in [2.24, 2.45) is 0 Å². The van der Waals surface area contributed by atoms with E-state index in [1.807, 2.05) is 0 Å². The van der Waals surface area contributed by atoms with E-state index in [2.05, 4.69) is 20.3 Å². The molecule has 0 aliphatic rings. The highest BCUT2D eigenvalue weighted by molar-refractivity contribution is 8.00. The maximum absolute atomic E-state index is 13.7. The Morgan fingerprint density at radius 3 is 2.51 bits per heavy atom. The zero-order chi connectivity index (χ0) is 28.1. The topological polar surface area (TPSA) is 129 Å². The summed E-state index contributed by atoms with van der Waals surface area (Å²) in [7, 11) is 1.42. The van der Waals surface area contributed by atoms with Gasteiger partial charge in [-0.05, 0) is 25.1 Å². The molecule has 0 amide bonds. The van der Waals surface area contributed by atoms with Gasteiger partial charge >= 0.3 is 0 Å². The first kappa shape index (κ1) is 29.0. The predicted octanol–water partition coefficient (Wildman–Crippen LogP) is 3.96. The summed E-state index contributed by atoms with van der Waals surface area (Å²) in [6.07, 6.45) is 2.89. The Hall–Kier alpha value is -3.01. The monoisotopic (exact) mass is 585 g/mol. The molecule has 0 fully saturated rings. The molecule has 208 valence electrons. The van der Waals surface area contributed by atoms with Crippen molar-refractivity contribution in [1.29, 1.82) is 0 Å². The average molecular weight is 586 g/mol. The third kappa shape index (κ3) is 6.96. The summed E-state index contributed by atoms with van der Waals surface area (Å²) in [4.78, 5) is 8.96. The van der Waals surface area contributed by atoms with Crippen LogP contribution in [0.1, 0.15) is 6.92 Å². The molecule has 0 aliphatic heterocycles. The van der Waals surface area contributed by atoms with E-state index in [1.165, 1.54) is 43.6 Å². The van der Waals surface area contributed by atoms with Crippen LogP contribution in [0.3, 0.4) is 0 Å². The number of halogens is 4. The minimum Gasteiger partial charge on any atom is -0.443 e. The van der Waals surface area contributed by atoms with Crippen LogP contribution in [0.5, 0.6) is 0 Å². The molecule has 4 rings (SSSR count). The number of rotatable bonds is 12. The lowest BCUT2D eigenvalue weighted by molar-refractivity contribution is -0.105. The Labute approximate surface area is 229 Å². The minimum atomic E-state index is -1.58. The molecule has 0 spiro atoms. The number of nitrogens with zero attached hydrogens (tertiary/aromatic N) is 5. The summed E-state index contributed by atoms with van der Waals surface area (Å²) in [6.45, 7) is 1.00. The Morgan fingerprint density at radius 2 is 1.90 bits per heavy atom. The highest BCUT2D eigenvalue weighted by atomic mass is 35.5. The second-order valence-electron chi connectivity index (χ2n) is 8.28. The molecule has 0 saturated heterocycles. The lowest BCUT2D eigenvalue weighted by Crippen LogP contribution is -2.40. The summed E-state index contributed by atoms with van der Waals surface area (Å²) in [5, 5.41) is 28.1. The smallest absolute Gasteiger partial charge is 0.246 e. The number of ether oxygens (including phenoxy) is 2. The third-order valence-electron chi connectivity index (χ3n) is 5.52. The standard InChI is InChI=1S/C24H23ClF3N5O5S/c1-12(35)19(11-34)38-24(39-20-7-14(25)8-30-22(20)23-29-3-4-37-23)18(36-2)10-33-9-17(31-32-33)13-5-15(26)21(28)16(27)6-13/h3-9,12,18-19,24,34-35H,10-11H2,1-2H3/t12-,18+,19?,24?/m1/s1. The van der Waals surface area contributed by atoms with E-state index >= 15 is 0 Å². The zero-order valence-corrected chi connectivity index (χ0v) is 22.1. The molecule has 2 N–H and O–H groups in total. The maximum atomic E-state index is 13.7. The van der Waals surface area contributed by atoms with E-state index in [0.29, 0.717) is 15.6 Å². The van der Waals surface area contributed by atoms with E-state index in [-0.39, 0.29) is 23.7 Å². The molecule has 3 heterocycles. The van der Waals surface area contributed by atoms with Crippen molar-refractivity contribution in [3.8, 4) is 22.8 Å². The molecule has 39 heavy (non-hydrogen) atoms. The summed E-state index contributed by atoms with van der Waals surface area (Å²) < 4.78 is 59.3. The van der Waals surface area contributed by atoms with E-state index in [9.17, 15) is 23.4 Å². The van der Waals surface area contributed by atoms with Gasteiger partial charge in [0.15, 0.2) is 17.5 Å². The molecule has 1 aromatic carbocycles. The lowest BCUT2D eigenvalue weighted by Gasteiger charge is -2.30. The number of hydrogen-bond donors (Lipinski definition) is 2. The van der Waals surface area contributed by atoms with Gasteiger partial charge in [-0.15, -0.1) is 5.10 Å². The van der Waals surface area contributed by atoms with Gasteiger partial charge in [-0.2, -0.15) is 0 Å². The molecule has 0 radical (unpaired) electrons. The molecular weight excluding hydrogens is 563 g/mol. The van der Waals surface area contributed by atoms with Gasteiger partial charge < -0.3 is 24.1 Å². The summed E-state index contributed by atoms with van der Waals surface area (Å²) in [5.74, 6) is -4.07. The van der Waals surface area contributed by atoms with Gasteiger partial charge in [0.25, 0.3) is 0 Å². The van der Waals surface area contributed by atoms with Crippen LogP contribution in [0.2, 0.25) is 5.02 Å². The van der Waals surface area contributed by atoms with Crippen molar-refractivity contribution in [1.82, 2.24) is 25.0 Å². The van der Waals surface area contributed by atoms with E-state index in [4.69, 9.17) is 25.5 Å². The average Bonchev–Trinajstić information content (AvgIpc) is 3.60. The first-order chi connectivity index (χ1) is 18.7. The Kier molecular flexibility index (Phi) is 9.58. The number of oxazole rings is 1. The lowest BCUT2D eigenvalue weighted by atomic mass is 10.1. The number of hydrogen-bond acceptors (Lipinski definition) is 10. The van der Waals surface area contributed by atoms with Crippen molar-refractivity contribution in [2.75, 3.05) is 13.7 Å². The fourth-order valence-electron chi connectivity index (χ4n) is 3.49. The van der Waals surface area contributed by atoms with Crippen LogP contribution in [0.4, 0.5) is 13.2 Å². The molecule has 4 aromatic rings. The Morgan fingerprint density at radius 1 is 1.15 bits per heavy atom. The van der Waals surface area contributed by atoms with Crippen LogP contribution in [-0.2, 0) is 16.0 Å². The van der Waals surface area contributed by atoms with Crippen molar-refractivity contribution in [2.45, 2.75) is 42.1 Å². The number of aliphatic hydroxyl groups excluding tert-OH is 2. The quantitative estimate of drug-likeness (QED) is 0.143. The SMILES string of the molecule is CO[C@@H](Cn1cc(-c2cc(F)c(F)c(F)c2)nn1)C(OC(CO)[C@@H](C)O)Sc1cc(Cl)cnc1-c1ncco1. The Bertz CT molecular complexity index is 1370. The molecule has 15 heteroatoms. The molecule has 3 aromatic heterocycles. The molecule has 0 bridgehead atoms. The molecule has 4 atom stereocenters. The molecule has 0 saturated carbocycles. The van der Waals surface area contributed by atoms with Crippen molar-refractivity contribution < 1.29 is 37.3 Å². The molecular formula is C24H23ClF3N5O5S. The van der Waals surface area contributed by atoms with Crippen LogP contribution in [-0.4, -0.2) is 72.6 Å². The number of aliphatic hydroxyl groups is 2. The van der Waals surface area contributed by atoms with Crippen LogP contribution >= 0.6 is 23.4 Å². The minimum absolute atomic E-state index is 0.0103. The van der Waals surface area contributed by atoms with Crippen molar-refractivity contribution in [3.63, 3.8) is 0 Å². The zero-order valence-electron chi connectivity index (χ0n) is 20.5. The number of thioether (sulfide) groups is 1. The van der Waals surface area contributed by atoms with E-state index in [0.717, 1.165) is 23.9 Å². The Balaban J connectivity index is 1.64. The van der Waals surface area contributed by atoms with Gasteiger partial charge in [-0.3, -0.25) is 0 Å². The number of pyridine rings is 1. The molecule has 2 unspecified atom stereocenters. The molecule has 10 nitrogen and oxygen atoms in total. The van der Waals surface area contributed by atoms with Crippen LogP contribution in [0.15, 0.2) is 52.4 Å². The third-order valence-corrected chi connectivity index (χ3v) is 6.93. The summed E-state index contributed by atoms with van der Waals surface area (Å²) in [6, 6.07) is 3.25. The van der Waals surface area contributed by atoms with Gasteiger partial charge in [0, 0.05) is 23.8 Å². The second kappa shape index (κ2) is 12.9. The first-order valence-corrected chi connectivity index (χ1v) is 12.7. The highest BCUT2D eigenvalue weighted by Gasteiger charge is 2.31. The fourth-order valence-corrected chi connectivity index (χ4v) is 4.96. The maximum Gasteiger partial charge on any atom is 0.246 e. The van der Waals surface area contributed by atoms with Crippen molar-refractivity contribution in [3.05, 3.63) is 65.5 Å². The van der Waals surface area contributed by atoms with Crippen LogP contribution in [0, 0.1) is 17.5 Å². The van der Waals surface area contributed by atoms with Crippen LogP contribution in [0.25, 0.3) is 22.8 Å². The summed E-state index contributed by atoms with van der Waals surface area (Å²) in [5.41, 5.74) is -0.429. The number of aromatic nitrogens is 5. The summed E-state index contributed by atoms with van der Waals surface area (Å²) >= 11 is 7.33. The van der Waals surface area contributed by atoms with Gasteiger partial charge in [0.05, 0.1) is 36.7 Å². The first-order valence-electron chi connectivity index (χ1n) is 11.4. The van der Waals surface area contributed by atoms with E-state index in [1.54, 1.807) is 6.07 Å². The predicted molar refractivity (Wildman–Crippen MR) is 134 cm³/mol. The van der Waals surface area contributed by atoms with Gasteiger partial charge in [0.2, 0.25) is 5.89 Å². The van der Waals surface area contributed by atoms with Gasteiger partial charge in [0.1, 0.15) is 35.3 Å². The second-order valence-corrected chi connectivity index (χ2v) is 9.85. The number of methoxy groups -OCH3 is 1. The van der Waals surface area contributed by atoms with Crippen LogP contribution < -0.4 is 0 Å². The fraction of sp³-hybridized carbons (Fsp3) is 0.333. The molecule has 0 aliphatic carbocycles. The van der Waals surface area contributed by atoms with Gasteiger partial charge in [-0.25, -0.2) is 27.8 Å². The highest BCUT2D eigenvalue weighted by Crippen LogP contribution is 2.36. The van der Waals surface area contributed by atoms with E-state index < -0.39 is 47.8 Å². The normalized spacial score (nSPS) is 14.8. The van der Waals surface area contributed by atoms with Crippen molar-refractivity contribution >= 4 is 23.4 Å². The number of benzene rings is 1. The largest absolute Gasteiger partial charge is 0.443 e. The van der Waals surface area contributed by atoms with Gasteiger partial charge in [-0.1, -0.05) is 28.6 Å².